The predicted molar refractivity (Wildman–Crippen MR) is 79.8 cm³/mol. The van der Waals surface area contributed by atoms with Crippen molar-refractivity contribution < 1.29 is 9.53 Å². The zero-order valence-corrected chi connectivity index (χ0v) is 13.2. The number of hydrogen-bond acceptors (Lipinski definition) is 3. The van der Waals surface area contributed by atoms with E-state index in [0.717, 1.165) is 31.2 Å². The summed E-state index contributed by atoms with van der Waals surface area (Å²) >= 11 is 3.44. The Bertz CT molecular complexity index is 572. The molecule has 0 saturated heterocycles. The van der Waals surface area contributed by atoms with Gasteiger partial charge in [0.25, 0.3) is 5.91 Å². The maximum atomic E-state index is 12.0. The van der Waals surface area contributed by atoms with Crippen molar-refractivity contribution >= 4 is 21.8 Å². The predicted octanol–water partition coefficient (Wildman–Crippen LogP) is 3.15. The molecule has 0 spiro atoms. The second-order valence-electron chi connectivity index (χ2n) is 5.02. The number of carbonyl (C=O) groups excluding carboxylic acids is 1. The minimum absolute atomic E-state index is 0.213. The zero-order chi connectivity index (χ0) is 14.8. The van der Waals surface area contributed by atoms with E-state index in [4.69, 9.17) is 4.74 Å². The van der Waals surface area contributed by atoms with Crippen LogP contribution in [0.3, 0.4) is 0 Å². The Morgan fingerprint density at radius 3 is 2.60 bits per heavy atom. The van der Waals surface area contributed by atoms with E-state index in [9.17, 15) is 10.1 Å². The highest BCUT2D eigenvalue weighted by Crippen LogP contribution is 2.43. The number of hydrogen-bond donors (Lipinski definition) is 1. The average Bonchev–Trinajstić information content (AvgIpc) is 2.95. The van der Waals surface area contributed by atoms with Crippen LogP contribution in [0.5, 0.6) is 5.75 Å². The average molecular weight is 337 g/mol. The van der Waals surface area contributed by atoms with Crippen LogP contribution in [0.15, 0.2) is 16.6 Å². The summed E-state index contributed by atoms with van der Waals surface area (Å²) in [6, 6.07) is 6.14. The summed E-state index contributed by atoms with van der Waals surface area (Å²) in [4.78, 5) is 12.0. The molecule has 1 amide bonds. The van der Waals surface area contributed by atoms with Crippen molar-refractivity contribution in [3.8, 4) is 11.8 Å². The van der Waals surface area contributed by atoms with Gasteiger partial charge in [0.2, 0.25) is 0 Å². The molecule has 1 aromatic rings. The number of nitrogens with one attached hydrogen (secondary N) is 1. The van der Waals surface area contributed by atoms with Gasteiger partial charge in [-0.1, -0.05) is 12.8 Å². The van der Waals surface area contributed by atoms with E-state index in [2.05, 4.69) is 27.3 Å². The van der Waals surface area contributed by atoms with E-state index >= 15 is 0 Å². The molecule has 0 radical (unpaired) electrons. The van der Waals surface area contributed by atoms with Crippen LogP contribution in [0.4, 0.5) is 0 Å². The number of nitrogens with zero attached hydrogens (tertiary/aromatic N) is 1. The lowest BCUT2D eigenvalue weighted by Gasteiger charge is -2.23. The molecule has 0 bridgehead atoms. The normalized spacial score (nSPS) is 16.5. The van der Waals surface area contributed by atoms with Crippen molar-refractivity contribution in [3.05, 3.63) is 27.7 Å². The summed E-state index contributed by atoms with van der Waals surface area (Å²) in [6.45, 7) is 0. The molecule has 0 heterocycles. The number of rotatable bonds is 3. The Labute approximate surface area is 127 Å². The SMILES string of the molecule is CNC(=O)c1cc(C2(C#N)CCCC2)cc(Br)c1OC. The fourth-order valence-corrected chi connectivity index (χ4v) is 3.45. The van der Waals surface area contributed by atoms with E-state index in [1.807, 2.05) is 6.07 Å². The fourth-order valence-electron chi connectivity index (χ4n) is 2.82. The van der Waals surface area contributed by atoms with Gasteiger partial charge >= 0.3 is 0 Å². The van der Waals surface area contributed by atoms with Crippen molar-refractivity contribution in [3.63, 3.8) is 0 Å². The number of carbonyl (C=O) groups is 1. The Morgan fingerprint density at radius 1 is 1.45 bits per heavy atom. The molecule has 2 rings (SSSR count). The molecule has 0 aliphatic heterocycles. The number of halogens is 1. The number of methoxy groups -OCH3 is 1. The quantitative estimate of drug-likeness (QED) is 0.922. The smallest absolute Gasteiger partial charge is 0.254 e. The van der Waals surface area contributed by atoms with Crippen LogP contribution in [0.2, 0.25) is 0 Å². The van der Waals surface area contributed by atoms with Crippen molar-refractivity contribution in [1.29, 1.82) is 5.26 Å². The zero-order valence-electron chi connectivity index (χ0n) is 11.6. The number of benzene rings is 1. The highest BCUT2D eigenvalue weighted by Gasteiger charge is 2.37. The lowest BCUT2D eigenvalue weighted by atomic mass is 9.79. The molecule has 4 nitrogen and oxygen atoms in total. The lowest BCUT2D eigenvalue weighted by molar-refractivity contribution is 0.0960. The summed E-state index contributed by atoms with van der Waals surface area (Å²) < 4.78 is 6.00. The van der Waals surface area contributed by atoms with Gasteiger partial charge in [0, 0.05) is 7.05 Å². The van der Waals surface area contributed by atoms with Gasteiger partial charge in [-0.05, 0) is 46.5 Å². The van der Waals surface area contributed by atoms with E-state index in [1.54, 1.807) is 13.1 Å². The number of nitriles is 1. The summed E-state index contributed by atoms with van der Waals surface area (Å²) in [5.41, 5.74) is 0.877. The van der Waals surface area contributed by atoms with Gasteiger partial charge in [-0.25, -0.2) is 0 Å². The highest BCUT2D eigenvalue weighted by molar-refractivity contribution is 9.10. The molecule has 1 fully saturated rings. The Hall–Kier alpha value is -1.54. The number of amides is 1. The molecule has 1 aliphatic rings. The summed E-state index contributed by atoms with van der Waals surface area (Å²) in [5, 5.41) is 12.2. The monoisotopic (exact) mass is 336 g/mol. The summed E-state index contributed by atoms with van der Waals surface area (Å²) in [7, 11) is 3.11. The minimum Gasteiger partial charge on any atom is -0.495 e. The Morgan fingerprint density at radius 2 is 2.10 bits per heavy atom. The first-order chi connectivity index (χ1) is 9.57. The van der Waals surface area contributed by atoms with Crippen LogP contribution in [-0.4, -0.2) is 20.1 Å². The van der Waals surface area contributed by atoms with E-state index in [1.165, 1.54) is 7.11 Å². The Balaban J connectivity index is 2.59. The van der Waals surface area contributed by atoms with Gasteiger partial charge in [0.05, 0.1) is 28.6 Å². The van der Waals surface area contributed by atoms with Crippen LogP contribution in [-0.2, 0) is 5.41 Å². The van der Waals surface area contributed by atoms with Crippen molar-refractivity contribution in [2.24, 2.45) is 0 Å². The second kappa shape index (κ2) is 5.84. The molecule has 1 N–H and O–H groups in total. The van der Waals surface area contributed by atoms with Crippen LogP contribution < -0.4 is 10.1 Å². The van der Waals surface area contributed by atoms with Gasteiger partial charge in [0.15, 0.2) is 0 Å². The molecule has 1 aromatic carbocycles. The van der Waals surface area contributed by atoms with Crippen LogP contribution in [0.25, 0.3) is 0 Å². The first kappa shape index (κ1) is 14.9. The van der Waals surface area contributed by atoms with Crippen molar-refractivity contribution in [1.82, 2.24) is 5.32 Å². The summed E-state index contributed by atoms with van der Waals surface area (Å²) in [6.07, 6.45) is 3.78. The van der Waals surface area contributed by atoms with E-state index in [0.29, 0.717) is 15.8 Å². The van der Waals surface area contributed by atoms with Crippen LogP contribution in [0, 0.1) is 11.3 Å². The number of ether oxygens (including phenoxy) is 1. The maximum absolute atomic E-state index is 12.0. The third-order valence-electron chi connectivity index (χ3n) is 3.94. The van der Waals surface area contributed by atoms with E-state index in [-0.39, 0.29) is 5.91 Å². The molecule has 20 heavy (non-hydrogen) atoms. The van der Waals surface area contributed by atoms with Gasteiger partial charge in [-0.2, -0.15) is 5.26 Å². The third kappa shape index (κ3) is 2.40. The molecular weight excluding hydrogens is 320 g/mol. The lowest BCUT2D eigenvalue weighted by Crippen LogP contribution is -2.23. The fraction of sp³-hybridized carbons (Fsp3) is 0.467. The summed E-state index contributed by atoms with van der Waals surface area (Å²) in [5.74, 6) is 0.287. The molecule has 5 heteroatoms. The van der Waals surface area contributed by atoms with Crippen LogP contribution in [0.1, 0.15) is 41.6 Å². The highest BCUT2D eigenvalue weighted by atomic mass is 79.9. The first-order valence-electron chi connectivity index (χ1n) is 6.59. The molecular formula is C15H17BrN2O2. The van der Waals surface area contributed by atoms with E-state index < -0.39 is 5.41 Å². The minimum atomic E-state index is -0.475. The molecule has 0 atom stereocenters. The third-order valence-corrected chi connectivity index (χ3v) is 4.53. The van der Waals surface area contributed by atoms with Gasteiger partial charge in [-0.15, -0.1) is 0 Å². The molecule has 1 saturated carbocycles. The van der Waals surface area contributed by atoms with Gasteiger partial charge < -0.3 is 10.1 Å². The Kier molecular flexibility index (Phi) is 4.34. The molecule has 0 aromatic heterocycles. The largest absolute Gasteiger partial charge is 0.495 e. The standard InChI is InChI=1S/C15H17BrN2O2/c1-18-14(19)11-7-10(8-12(16)13(11)20-2)15(9-17)5-3-4-6-15/h7-8H,3-6H2,1-2H3,(H,18,19). The second-order valence-corrected chi connectivity index (χ2v) is 5.87. The van der Waals surface area contributed by atoms with Crippen LogP contribution >= 0.6 is 15.9 Å². The molecule has 106 valence electrons. The maximum Gasteiger partial charge on any atom is 0.254 e. The van der Waals surface area contributed by atoms with Gasteiger partial charge in [-0.3, -0.25) is 4.79 Å². The van der Waals surface area contributed by atoms with Crippen molar-refractivity contribution in [2.75, 3.05) is 14.2 Å². The molecule has 1 aliphatic carbocycles. The van der Waals surface area contributed by atoms with Crippen molar-refractivity contribution in [2.45, 2.75) is 31.1 Å². The first-order valence-corrected chi connectivity index (χ1v) is 7.38. The topological polar surface area (TPSA) is 62.1 Å². The molecule has 0 unspecified atom stereocenters. The van der Waals surface area contributed by atoms with Gasteiger partial charge in [0.1, 0.15) is 5.75 Å².